The zero-order valence-electron chi connectivity index (χ0n) is 15.0. The molecule has 4 N–H and O–H groups in total. The summed E-state index contributed by atoms with van der Waals surface area (Å²) in [6, 6.07) is -0.586. The molecule has 0 aliphatic carbocycles. The Hall–Kier alpha value is -0.600. The number of carbonyl (C=O) groups is 2. The van der Waals surface area contributed by atoms with Gasteiger partial charge in [0, 0.05) is 25.2 Å². The topological polar surface area (TPSA) is 96.7 Å². The number of morpholine rings is 1. The molecule has 144 valence electrons. The van der Waals surface area contributed by atoms with Crippen LogP contribution in [-0.2, 0) is 14.3 Å². The van der Waals surface area contributed by atoms with E-state index in [0.717, 1.165) is 26.3 Å². The summed E-state index contributed by atoms with van der Waals surface area (Å²) in [4.78, 5) is 25.9. The molecule has 0 saturated carbocycles. The quantitative estimate of drug-likeness (QED) is 0.578. The summed E-state index contributed by atoms with van der Waals surface area (Å²) in [5.41, 5.74) is 5.58. The monoisotopic (exact) mass is 386 g/mol. The SMILES string of the molecule is CC(C)[C@H](N)C(=O)NCC(=O)NCC(C)(C)N1CCOCC1.Cl.Cl. The third-order valence-electron chi connectivity index (χ3n) is 4.03. The maximum Gasteiger partial charge on any atom is 0.239 e. The van der Waals surface area contributed by atoms with Gasteiger partial charge in [-0.05, 0) is 19.8 Å². The molecule has 1 saturated heterocycles. The molecule has 2 amide bonds. The van der Waals surface area contributed by atoms with Crippen molar-refractivity contribution >= 4 is 36.6 Å². The lowest BCUT2D eigenvalue weighted by Gasteiger charge is -2.40. The van der Waals surface area contributed by atoms with Gasteiger partial charge in [-0.1, -0.05) is 13.8 Å². The molecule has 1 aliphatic rings. The van der Waals surface area contributed by atoms with Crippen molar-refractivity contribution in [1.82, 2.24) is 15.5 Å². The molecule has 9 heteroatoms. The minimum Gasteiger partial charge on any atom is -0.379 e. The van der Waals surface area contributed by atoms with E-state index in [-0.39, 0.29) is 54.6 Å². The van der Waals surface area contributed by atoms with Gasteiger partial charge in [0.15, 0.2) is 0 Å². The minimum absolute atomic E-state index is 0. The number of nitrogens with zero attached hydrogens (tertiary/aromatic N) is 1. The van der Waals surface area contributed by atoms with Crippen LogP contribution in [0.1, 0.15) is 27.7 Å². The highest BCUT2D eigenvalue weighted by atomic mass is 35.5. The van der Waals surface area contributed by atoms with Crippen molar-refractivity contribution in [2.75, 3.05) is 39.4 Å². The fraction of sp³-hybridized carbons (Fsp3) is 0.867. The van der Waals surface area contributed by atoms with E-state index < -0.39 is 6.04 Å². The summed E-state index contributed by atoms with van der Waals surface area (Å²) in [7, 11) is 0. The van der Waals surface area contributed by atoms with Crippen molar-refractivity contribution < 1.29 is 14.3 Å². The number of hydrogen-bond acceptors (Lipinski definition) is 5. The second kappa shape index (κ2) is 11.9. The zero-order valence-corrected chi connectivity index (χ0v) is 16.6. The number of nitrogens with two attached hydrogens (primary N) is 1. The highest BCUT2D eigenvalue weighted by Gasteiger charge is 2.28. The van der Waals surface area contributed by atoms with E-state index in [9.17, 15) is 9.59 Å². The molecular weight excluding hydrogens is 355 g/mol. The molecule has 1 aliphatic heterocycles. The lowest BCUT2D eigenvalue weighted by atomic mass is 10.0. The maximum atomic E-state index is 11.9. The van der Waals surface area contributed by atoms with Gasteiger partial charge in [-0.25, -0.2) is 0 Å². The predicted octanol–water partition coefficient (Wildman–Crippen LogP) is 0.157. The van der Waals surface area contributed by atoms with Crippen molar-refractivity contribution in [3.05, 3.63) is 0 Å². The molecule has 0 aromatic carbocycles. The molecular formula is C15H32Cl2N4O3. The van der Waals surface area contributed by atoms with Gasteiger partial charge in [-0.3, -0.25) is 14.5 Å². The number of halogens is 2. The Balaban J connectivity index is 0. The molecule has 1 rings (SSSR count). The van der Waals surface area contributed by atoms with Crippen molar-refractivity contribution in [3.8, 4) is 0 Å². The van der Waals surface area contributed by atoms with Crippen LogP contribution in [0.25, 0.3) is 0 Å². The van der Waals surface area contributed by atoms with Gasteiger partial charge >= 0.3 is 0 Å². The Morgan fingerprint density at radius 3 is 2.21 bits per heavy atom. The van der Waals surface area contributed by atoms with E-state index in [1.54, 1.807) is 0 Å². The molecule has 24 heavy (non-hydrogen) atoms. The largest absolute Gasteiger partial charge is 0.379 e. The van der Waals surface area contributed by atoms with Crippen molar-refractivity contribution in [3.63, 3.8) is 0 Å². The predicted molar refractivity (Wildman–Crippen MR) is 99.8 cm³/mol. The van der Waals surface area contributed by atoms with Crippen LogP contribution in [0.5, 0.6) is 0 Å². The van der Waals surface area contributed by atoms with Crippen LogP contribution < -0.4 is 16.4 Å². The van der Waals surface area contributed by atoms with E-state index in [4.69, 9.17) is 10.5 Å². The summed E-state index contributed by atoms with van der Waals surface area (Å²) in [5.74, 6) is -0.452. The Morgan fingerprint density at radius 1 is 1.17 bits per heavy atom. The van der Waals surface area contributed by atoms with Gasteiger partial charge in [0.1, 0.15) is 0 Å². The van der Waals surface area contributed by atoms with Crippen molar-refractivity contribution in [1.29, 1.82) is 0 Å². The fourth-order valence-electron chi connectivity index (χ4n) is 2.25. The second-order valence-electron chi connectivity index (χ2n) is 6.68. The molecule has 0 bridgehead atoms. The third-order valence-corrected chi connectivity index (χ3v) is 4.03. The van der Waals surface area contributed by atoms with E-state index in [1.807, 2.05) is 13.8 Å². The summed E-state index contributed by atoms with van der Waals surface area (Å²) >= 11 is 0. The standard InChI is InChI=1S/C15H30N4O3.2ClH/c1-11(2)13(16)14(21)17-9-12(20)18-10-15(3,4)19-5-7-22-8-6-19;;/h11,13H,5-10,16H2,1-4H3,(H,17,21)(H,18,20);2*1H/t13-;;/m0../s1. The minimum atomic E-state index is -0.586. The molecule has 0 spiro atoms. The van der Waals surface area contributed by atoms with E-state index in [0.29, 0.717) is 6.54 Å². The lowest BCUT2D eigenvalue weighted by Crippen LogP contribution is -2.56. The van der Waals surface area contributed by atoms with Gasteiger partial charge in [0.05, 0.1) is 25.8 Å². The van der Waals surface area contributed by atoms with Gasteiger partial charge < -0.3 is 21.1 Å². The third kappa shape index (κ3) is 8.48. The number of amides is 2. The fourth-order valence-corrected chi connectivity index (χ4v) is 2.25. The first-order valence-corrected chi connectivity index (χ1v) is 7.87. The highest BCUT2D eigenvalue weighted by molar-refractivity contribution is 5.87. The van der Waals surface area contributed by atoms with Crippen LogP contribution in [-0.4, -0.2) is 67.7 Å². The number of hydrogen-bond donors (Lipinski definition) is 3. The molecule has 1 fully saturated rings. The average molecular weight is 387 g/mol. The Morgan fingerprint density at radius 2 is 1.71 bits per heavy atom. The lowest BCUT2D eigenvalue weighted by molar-refractivity contribution is -0.127. The number of ether oxygens (including phenoxy) is 1. The average Bonchev–Trinajstić information content (AvgIpc) is 2.50. The first-order valence-electron chi connectivity index (χ1n) is 7.87. The number of rotatable bonds is 7. The van der Waals surface area contributed by atoms with Crippen LogP contribution in [0.3, 0.4) is 0 Å². The van der Waals surface area contributed by atoms with Crippen LogP contribution in [0.15, 0.2) is 0 Å². The highest BCUT2D eigenvalue weighted by Crippen LogP contribution is 2.14. The normalized spacial score (nSPS) is 16.6. The van der Waals surface area contributed by atoms with Crippen LogP contribution in [0.4, 0.5) is 0 Å². The maximum absolute atomic E-state index is 11.9. The first-order chi connectivity index (χ1) is 10.2. The molecule has 1 atom stereocenters. The first kappa shape index (κ1) is 25.6. The number of nitrogens with one attached hydrogen (secondary N) is 2. The van der Waals surface area contributed by atoms with Gasteiger partial charge in [-0.15, -0.1) is 24.8 Å². The van der Waals surface area contributed by atoms with E-state index in [2.05, 4.69) is 29.4 Å². The smallest absolute Gasteiger partial charge is 0.239 e. The van der Waals surface area contributed by atoms with Crippen molar-refractivity contribution in [2.24, 2.45) is 11.7 Å². The Bertz CT molecular complexity index is 389. The Labute approximate surface area is 157 Å². The zero-order chi connectivity index (χ0) is 16.8. The van der Waals surface area contributed by atoms with Gasteiger partial charge in [-0.2, -0.15) is 0 Å². The van der Waals surface area contributed by atoms with Gasteiger partial charge in [0.2, 0.25) is 11.8 Å². The molecule has 0 aromatic rings. The van der Waals surface area contributed by atoms with Crippen LogP contribution in [0.2, 0.25) is 0 Å². The molecule has 1 heterocycles. The molecule has 7 nitrogen and oxygen atoms in total. The van der Waals surface area contributed by atoms with Crippen LogP contribution in [0, 0.1) is 5.92 Å². The van der Waals surface area contributed by atoms with Crippen LogP contribution >= 0.6 is 24.8 Å². The molecule has 0 unspecified atom stereocenters. The summed E-state index contributed by atoms with van der Waals surface area (Å²) in [6.07, 6.45) is 0. The molecule has 0 radical (unpaired) electrons. The molecule has 0 aromatic heterocycles. The van der Waals surface area contributed by atoms with E-state index in [1.165, 1.54) is 0 Å². The summed E-state index contributed by atoms with van der Waals surface area (Å²) in [5, 5.41) is 5.44. The van der Waals surface area contributed by atoms with Crippen molar-refractivity contribution in [2.45, 2.75) is 39.3 Å². The Kier molecular flexibility index (Phi) is 12.7. The summed E-state index contributed by atoms with van der Waals surface area (Å²) < 4.78 is 5.34. The summed E-state index contributed by atoms with van der Waals surface area (Å²) in [6.45, 7) is 11.6. The van der Waals surface area contributed by atoms with E-state index >= 15 is 0 Å². The number of carbonyl (C=O) groups excluding carboxylic acids is 2. The van der Waals surface area contributed by atoms with Gasteiger partial charge in [0.25, 0.3) is 0 Å². The second-order valence-corrected chi connectivity index (χ2v) is 6.68.